The van der Waals surface area contributed by atoms with Crippen molar-refractivity contribution in [3.8, 4) is 11.3 Å². The predicted octanol–water partition coefficient (Wildman–Crippen LogP) is 12.3. The van der Waals surface area contributed by atoms with Gasteiger partial charge in [-0.2, -0.15) is 11.3 Å². The van der Waals surface area contributed by atoms with E-state index >= 15 is 0 Å². The molecule has 0 aliphatic rings. The van der Waals surface area contributed by atoms with Crippen molar-refractivity contribution in [2.75, 3.05) is 0 Å². The van der Waals surface area contributed by atoms with Crippen molar-refractivity contribution in [1.82, 2.24) is 4.98 Å². The molecular weight excluding hydrogens is 775 g/mol. The van der Waals surface area contributed by atoms with E-state index in [1.165, 1.54) is 53.4 Å². The van der Waals surface area contributed by atoms with Gasteiger partial charge in [0.05, 0.1) is 5.76 Å². The number of allylic oxidation sites excluding steroid dienone is 2. The summed E-state index contributed by atoms with van der Waals surface area (Å²) in [6.45, 7) is 12.6. The summed E-state index contributed by atoms with van der Waals surface area (Å²) in [6, 6.07) is 29.9. The molecule has 0 spiro atoms. The largest absolute Gasteiger partial charge is 0.512 e. The first kappa shape index (κ1) is 36.5. The third-order valence-electron chi connectivity index (χ3n) is 9.10. The Kier molecular flexibility index (Phi) is 12.9. The predicted molar refractivity (Wildman–Crippen MR) is 199 cm³/mol. The van der Waals surface area contributed by atoms with Crippen LogP contribution in [0.25, 0.3) is 53.0 Å². The Morgan fingerprint density at radius 2 is 1.47 bits per heavy atom. The van der Waals surface area contributed by atoms with Gasteiger partial charge in [-0.15, -0.1) is 23.3 Å². The van der Waals surface area contributed by atoms with Gasteiger partial charge in [-0.05, 0) is 87.5 Å². The molecule has 0 amide bonds. The van der Waals surface area contributed by atoms with Crippen molar-refractivity contribution < 1.29 is 30.0 Å². The number of thiophene rings is 1. The van der Waals surface area contributed by atoms with Crippen LogP contribution in [0.1, 0.15) is 72.8 Å². The number of aromatic nitrogens is 1. The molecule has 2 heterocycles. The number of hydrogen-bond donors (Lipinski definition) is 1. The fraction of sp³-hybridized carbons (Fsp3) is 0.333. The standard InChI is InChI=1S/C29H22NS.C13H24O2.Ir/c1-18(2)15-21-16-20(17-26-24-9-5-6-10-27(24)31-29(21)26)28-25-12-11-19-7-3-4-8-22(19)23(25)13-14-30-28;1-5-10(6-2)12(14)9-13(15)11(7-3)8-4;/h3-14,17-18H,15H2,1-2H3;9-11,14H,5-8H2,1-4H3;/q-1;;/b;12-9-;. The van der Waals surface area contributed by atoms with Gasteiger partial charge >= 0.3 is 0 Å². The van der Waals surface area contributed by atoms with E-state index in [1.54, 1.807) is 0 Å². The maximum Gasteiger partial charge on any atom is 0.162 e. The molecule has 0 fully saturated rings. The van der Waals surface area contributed by atoms with Crippen molar-refractivity contribution >= 4 is 58.8 Å². The first-order chi connectivity index (χ1) is 22.3. The molecular formula is C42H46IrNO2S-. The molecule has 0 saturated heterocycles. The average molecular weight is 821 g/mol. The number of aliphatic hydroxyl groups excluding tert-OH is 1. The summed E-state index contributed by atoms with van der Waals surface area (Å²) in [7, 11) is 0. The van der Waals surface area contributed by atoms with Gasteiger partial charge in [-0.25, -0.2) is 0 Å². The van der Waals surface area contributed by atoms with E-state index in [9.17, 15) is 9.90 Å². The van der Waals surface area contributed by atoms with Crippen LogP contribution in [0.2, 0.25) is 0 Å². The topological polar surface area (TPSA) is 50.2 Å². The smallest absolute Gasteiger partial charge is 0.162 e. The summed E-state index contributed by atoms with van der Waals surface area (Å²) in [5, 5.41) is 17.4. The van der Waals surface area contributed by atoms with Crippen LogP contribution in [-0.2, 0) is 31.3 Å². The SMILES string of the molecule is CC(C)Cc1[c-]c(-c2nccc3c2ccc2ccccc23)cc2c1sc1ccccc12.CCC(CC)C(=O)/C=C(\O)C(CC)CC.[Ir]. The fourth-order valence-corrected chi connectivity index (χ4v) is 7.63. The summed E-state index contributed by atoms with van der Waals surface area (Å²) in [4.78, 5) is 16.6. The number of carbonyl (C=O) groups excluding carboxylic acids is 1. The number of benzene rings is 4. The number of ketones is 1. The molecule has 0 aliphatic heterocycles. The van der Waals surface area contributed by atoms with E-state index in [0.29, 0.717) is 5.92 Å². The van der Waals surface area contributed by atoms with E-state index in [1.807, 2.05) is 45.2 Å². The summed E-state index contributed by atoms with van der Waals surface area (Å²) in [6.07, 6.45) is 7.87. The number of pyridine rings is 1. The molecule has 0 saturated carbocycles. The number of rotatable bonds is 10. The van der Waals surface area contributed by atoms with Crippen LogP contribution in [0.3, 0.4) is 0 Å². The molecule has 3 nitrogen and oxygen atoms in total. The van der Waals surface area contributed by atoms with Gasteiger partial charge < -0.3 is 10.1 Å². The quantitative estimate of drug-likeness (QED) is 0.0648. The molecule has 0 unspecified atom stereocenters. The zero-order valence-corrected chi connectivity index (χ0v) is 31.6. The van der Waals surface area contributed by atoms with Crippen molar-refractivity contribution in [2.24, 2.45) is 17.8 Å². The molecule has 247 valence electrons. The summed E-state index contributed by atoms with van der Waals surface area (Å²) in [5.41, 5.74) is 3.42. The third-order valence-corrected chi connectivity index (χ3v) is 10.3. The average Bonchev–Trinajstić information content (AvgIpc) is 3.44. The second-order valence-electron chi connectivity index (χ2n) is 12.6. The number of aliphatic hydroxyl groups is 1. The summed E-state index contributed by atoms with van der Waals surface area (Å²) < 4.78 is 2.70. The summed E-state index contributed by atoms with van der Waals surface area (Å²) >= 11 is 1.89. The Bertz CT molecular complexity index is 2000. The van der Waals surface area contributed by atoms with Crippen LogP contribution in [0.4, 0.5) is 0 Å². The zero-order valence-electron chi connectivity index (χ0n) is 28.4. The van der Waals surface area contributed by atoms with Crippen LogP contribution in [0.5, 0.6) is 0 Å². The van der Waals surface area contributed by atoms with Gasteiger partial charge in [0.15, 0.2) is 5.78 Å². The van der Waals surface area contributed by atoms with Crippen molar-refractivity contribution in [2.45, 2.75) is 73.6 Å². The second-order valence-corrected chi connectivity index (χ2v) is 13.7. The number of fused-ring (bicyclic) bond motifs is 6. The van der Waals surface area contributed by atoms with Gasteiger partial charge in [0.25, 0.3) is 0 Å². The van der Waals surface area contributed by atoms with Crippen molar-refractivity contribution in [3.05, 3.63) is 102 Å². The Hall–Kier alpha value is -3.37. The Morgan fingerprint density at radius 1 is 0.809 bits per heavy atom. The molecule has 2 aromatic heterocycles. The normalized spacial score (nSPS) is 11.9. The fourth-order valence-electron chi connectivity index (χ4n) is 6.44. The zero-order chi connectivity index (χ0) is 32.8. The molecule has 1 N–H and O–H groups in total. The van der Waals surface area contributed by atoms with Crippen LogP contribution in [-0.4, -0.2) is 15.9 Å². The van der Waals surface area contributed by atoms with Gasteiger partial charge in [0.1, 0.15) is 0 Å². The van der Waals surface area contributed by atoms with E-state index in [-0.39, 0.29) is 43.5 Å². The minimum absolute atomic E-state index is 0. The molecule has 0 atom stereocenters. The van der Waals surface area contributed by atoms with Crippen LogP contribution in [0, 0.1) is 23.8 Å². The molecule has 6 rings (SSSR count). The van der Waals surface area contributed by atoms with E-state index in [0.717, 1.165) is 43.4 Å². The Morgan fingerprint density at radius 3 is 2.15 bits per heavy atom. The molecule has 0 aliphatic carbocycles. The van der Waals surface area contributed by atoms with Gasteiger partial charge in [0.2, 0.25) is 0 Å². The van der Waals surface area contributed by atoms with Gasteiger partial charge in [-0.1, -0.05) is 102 Å². The molecule has 6 aromatic rings. The number of hydrogen-bond acceptors (Lipinski definition) is 4. The van der Waals surface area contributed by atoms with E-state index < -0.39 is 0 Å². The molecule has 5 heteroatoms. The first-order valence-corrected chi connectivity index (χ1v) is 17.7. The van der Waals surface area contributed by atoms with Crippen molar-refractivity contribution in [1.29, 1.82) is 0 Å². The second kappa shape index (κ2) is 16.6. The van der Waals surface area contributed by atoms with Crippen LogP contribution < -0.4 is 0 Å². The van der Waals surface area contributed by atoms with E-state index in [2.05, 4.69) is 92.7 Å². The van der Waals surface area contributed by atoms with Crippen LogP contribution in [0.15, 0.2) is 90.8 Å². The first-order valence-electron chi connectivity index (χ1n) is 16.9. The minimum atomic E-state index is 0. The van der Waals surface area contributed by atoms with Crippen LogP contribution >= 0.6 is 11.3 Å². The third kappa shape index (κ3) is 8.03. The Labute approximate surface area is 297 Å². The Balaban J connectivity index is 0.000000269. The molecule has 4 aromatic carbocycles. The minimum Gasteiger partial charge on any atom is -0.512 e. The van der Waals surface area contributed by atoms with Gasteiger partial charge in [-0.3, -0.25) is 4.79 Å². The summed E-state index contributed by atoms with van der Waals surface area (Å²) in [5.74, 6) is 1.12. The molecule has 1 radical (unpaired) electrons. The van der Waals surface area contributed by atoms with Crippen molar-refractivity contribution in [3.63, 3.8) is 0 Å². The molecule has 47 heavy (non-hydrogen) atoms. The maximum absolute atomic E-state index is 11.7. The van der Waals surface area contributed by atoms with Gasteiger partial charge in [0, 0.05) is 48.9 Å². The molecule has 0 bridgehead atoms. The van der Waals surface area contributed by atoms with E-state index in [4.69, 9.17) is 4.98 Å². The maximum atomic E-state index is 11.7. The number of carbonyl (C=O) groups is 1. The number of nitrogens with zero attached hydrogens (tertiary/aromatic N) is 1. The monoisotopic (exact) mass is 821 g/mol.